The summed E-state index contributed by atoms with van der Waals surface area (Å²) in [5.74, 6) is 0.0280. The van der Waals surface area contributed by atoms with Gasteiger partial charge in [-0.3, -0.25) is 4.79 Å². The first-order valence-electron chi connectivity index (χ1n) is 6.48. The highest BCUT2D eigenvalue weighted by Crippen LogP contribution is 2.46. The highest BCUT2D eigenvalue weighted by Gasteiger charge is 2.35. The van der Waals surface area contributed by atoms with Gasteiger partial charge in [0.2, 0.25) is 0 Å². The average molecular weight is 247 g/mol. The highest BCUT2D eigenvalue weighted by atomic mass is 16.4. The molecule has 3 heteroatoms. The fourth-order valence-corrected chi connectivity index (χ4v) is 2.57. The summed E-state index contributed by atoms with van der Waals surface area (Å²) in [5, 5.41) is 9.09. The third kappa shape index (κ3) is 2.84. The third-order valence-corrected chi connectivity index (χ3v) is 3.65. The number of aliphatic carboxylic acids is 1. The van der Waals surface area contributed by atoms with Crippen LogP contribution in [-0.4, -0.2) is 25.2 Å². The van der Waals surface area contributed by atoms with E-state index < -0.39 is 5.97 Å². The summed E-state index contributed by atoms with van der Waals surface area (Å²) in [5.41, 5.74) is 3.57. The second-order valence-corrected chi connectivity index (χ2v) is 5.50. The van der Waals surface area contributed by atoms with E-state index in [-0.39, 0.29) is 12.3 Å². The molecule has 0 aliphatic heterocycles. The van der Waals surface area contributed by atoms with E-state index in [4.69, 9.17) is 5.11 Å². The first-order chi connectivity index (χ1) is 8.49. The van der Waals surface area contributed by atoms with Crippen LogP contribution >= 0.6 is 0 Å². The molecule has 2 rings (SSSR count). The molecule has 1 aliphatic carbocycles. The van der Waals surface area contributed by atoms with Gasteiger partial charge in [-0.1, -0.05) is 12.1 Å². The molecule has 0 aromatic heterocycles. The van der Waals surface area contributed by atoms with Gasteiger partial charge in [-0.25, -0.2) is 0 Å². The van der Waals surface area contributed by atoms with Crippen molar-refractivity contribution >= 4 is 11.7 Å². The Kier molecular flexibility index (Phi) is 3.60. The summed E-state index contributed by atoms with van der Waals surface area (Å²) < 4.78 is 0. The molecule has 0 amide bonds. The van der Waals surface area contributed by atoms with E-state index in [1.807, 2.05) is 14.1 Å². The molecule has 0 bridgehead atoms. The summed E-state index contributed by atoms with van der Waals surface area (Å²) in [4.78, 5) is 13.1. The minimum absolute atomic E-state index is 0.167. The van der Waals surface area contributed by atoms with Gasteiger partial charge >= 0.3 is 5.97 Å². The zero-order valence-corrected chi connectivity index (χ0v) is 11.3. The van der Waals surface area contributed by atoms with E-state index in [0.717, 1.165) is 5.69 Å². The number of benzene rings is 1. The number of hydrogen-bond acceptors (Lipinski definition) is 2. The van der Waals surface area contributed by atoms with Crippen molar-refractivity contribution in [3.8, 4) is 0 Å². The van der Waals surface area contributed by atoms with E-state index in [1.54, 1.807) is 0 Å². The topological polar surface area (TPSA) is 40.5 Å². The van der Waals surface area contributed by atoms with Gasteiger partial charge in [0.15, 0.2) is 0 Å². The first kappa shape index (κ1) is 12.9. The quantitative estimate of drug-likeness (QED) is 0.869. The van der Waals surface area contributed by atoms with Gasteiger partial charge in [-0.05, 0) is 48.8 Å². The molecule has 18 heavy (non-hydrogen) atoms. The Morgan fingerprint density at radius 1 is 1.44 bits per heavy atom. The van der Waals surface area contributed by atoms with Gasteiger partial charge in [0, 0.05) is 19.8 Å². The maximum Gasteiger partial charge on any atom is 0.303 e. The van der Waals surface area contributed by atoms with Gasteiger partial charge in [0.25, 0.3) is 0 Å². The highest BCUT2D eigenvalue weighted by molar-refractivity contribution is 5.69. The van der Waals surface area contributed by atoms with Crippen molar-refractivity contribution in [3.05, 3.63) is 29.3 Å². The Labute approximate surface area is 108 Å². The van der Waals surface area contributed by atoms with Crippen molar-refractivity contribution in [1.82, 2.24) is 0 Å². The number of hydrogen-bond donors (Lipinski definition) is 1. The van der Waals surface area contributed by atoms with E-state index in [2.05, 4.69) is 30.0 Å². The Hall–Kier alpha value is -1.51. The lowest BCUT2D eigenvalue weighted by Crippen LogP contribution is -2.16. The summed E-state index contributed by atoms with van der Waals surface area (Å²) in [7, 11) is 4.03. The average Bonchev–Trinajstić information content (AvgIpc) is 3.09. The molecule has 1 aliphatic rings. The molecule has 98 valence electrons. The zero-order chi connectivity index (χ0) is 13.3. The Morgan fingerprint density at radius 3 is 2.61 bits per heavy atom. The lowest BCUT2D eigenvalue weighted by Gasteiger charge is -2.23. The molecule has 1 aromatic rings. The number of carbonyl (C=O) groups is 1. The fourth-order valence-electron chi connectivity index (χ4n) is 2.57. The third-order valence-electron chi connectivity index (χ3n) is 3.65. The van der Waals surface area contributed by atoms with Crippen LogP contribution in [0.25, 0.3) is 0 Å². The summed E-state index contributed by atoms with van der Waals surface area (Å²) >= 11 is 0. The van der Waals surface area contributed by atoms with Crippen LogP contribution in [0.5, 0.6) is 0 Å². The largest absolute Gasteiger partial charge is 0.481 e. The fraction of sp³-hybridized carbons (Fsp3) is 0.533. The summed E-state index contributed by atoms with van der Waals surface area (Å²) in [6, 6.07) is 6.34. The molecule has 0 heterocycles. The number of carboxylic acid groups (broad SMARTS) is 1. The van der Waals surface area contributed by atoms with E-state index in [9.17, 15) is 4.79 Å². The number of anilines is 1. The minimum Gasteiger partial charge on any atom is -0.481 e. The molecule has 1 atom stereocenters. The van der Waals surface area contributed by atoms with Crippen LogP contribution in [0.3, 0.4) is 0 Å². The Balaban J connectivity index is 2.36. The van der Waals surface area contributed by atoms with Gasteiger partial charge in [-0.15, -0.1) is 0 Å². The van der Waals surface area contributed by atoms with Crippen molar-refractivity contribution in [3.63, 3.8) is 0 Å². The smallest absolute Gasteiger partial charge is 0.303 e. The van der Waals surface area contributed by atoms with Crippen LogP contribution in [0.1, 0.15) is 36.3 Å². The van der Waals surface area contributed by atoms with Crippen molar-refractivity contribution in [2.45, 2.75) is 32.1 Å². The van der Waals surface area contributed by atoms with Gasteiger partial charge in [-0.2, -0.15) is 0 Å². The Bertz CT molecular complexity index is 450. The molecule has 1 fully saturated rings. The van der Waals surface area contributed by atoms with Gasteiger partial charge in [0.1, 0.15) is 0 Å². The zero-order valence-electron chi connectivity index (χ0n) is 11.3. The summed E-state index contributed by atoms with van der Waals surface area (Å²) in [6.45, 7) is 2.07. The van der Waals surface area contributed by atoms with Crippen molar-refractivity contribution < 1.29 is 9.90 Å². The lowest BCUT2D eigenvalue weighted by molar-refractivity contribution is -0.137. The van der Waals surface area contributed by atoms with Crippen LogP contribution in [-0.2, 0) is 4.79 Å². The van der Waals surface area contributed by atoms with E-state index >= 15 is 0 Å². The van der Waals surface area contributed by atoms with Crippen LogP contribution in [0, 0.1) is 12.8 Å². The SMILES string of the molecule is Cc1ccc(C(CC(=O)O)C2CC2)c(N(C)C)c1. The molecule has 0 radical (unpaired) electrons. The molecular weight excluding hydrogens is 226 g/mol. The minimum atomic E-state index is -0.697. The number of rotatable bonds is 5. The van der Waals surface area contributed by atoms with Crippen molar-refractivity contribution in [1.29, 1.82) is 0 Å². The van der Waals surface area contributed by atoms with Crippen LogP contribution in [0.15, 0.2) is 18.2 Å². The molecule has 1 aromatic carbocycles. The van der Waals surface area contributed by atoms with Crippen LogP contribution < -0.4 is 4.90 Å². The molecular formula is C15H21NO2. The van der Waals surface area contributed by atoms with E-state index in [0.29, 0.717) is 5.92 Å². The number of carboxylic acids is 1. The maximum atomic E-state index is 11.0. The molecule has 0 spiro atoms. The number of aryl methyl sites for hydroxylation is 1. The lowest BCUT2D eigenvalue weighted by atomic mass is 9.89. The molecule has 0 saturated heterocycles. The Morgan fingerprint density at radius 2 is 2.11 bits per heavy atom. The van der Waals surface area contributed by atoms with Crippen LogP contribution in [0.2, 0.25) is 0 Å². The van der Waals surface area contributed by atoms with Gasteiger partial charge in [0.05, 0.1) is 6.42 Å². The van der Waals surface area contributed by atoms with Crippen molar-refractivity contribution in [2.24, 2.45) is 5.92 Å². The number of nitrogens with zero attached hydrogens (tertiary/aromatic N) is 1. The predicted molar refractivity (Wildman–Crippen MR) is 73.2 cm³/mol. The normalized spacial score (nSPS) is 16.4. The molecule has 1 saturated carbocycles. The van der Waals surface area contributed by atoms with Crippen molar-refractivity contribution in [2.75, 3.05) is 19.0 Å². The molecule has 1 unspecified atom stereocenters. The van der Waals surface area contributed by atoms with Crippen LogP contribution in [0.4, 0.5) is 5.69 Å². The first-order valence-corrected chi connectivity index (χ1v) is 6.48. The maximum absolute atomic E-state index is 11.0. The van der Waals surface area contributed by atoms with E-state index in [1.165, 1.54) is 24.0 Å². The predicted octanol–water partition coefficient (Wildman–Crippen LogP) is 3.03. The van der Waals surface area contributed by atoms with Gasteiger partial charge < -0.3 is 10.0 Å². The molecule has 3 nitrogen and oxygen atoms in total. The second-order valence-electron chi connectivity index (χ2n) is 5.50. The molecule has 1 N–H and O–H groups in total. The monoisotopic (exact) mass is 247 g/mol. The summed E-state index contributed by atoms with van der Waals surface area (Å²) in [6.07, 6.45) is 2.58. The standard InChI is InChI=1S/C15H21NO2/c1-10-4-7-12(14(8-10)16(2)3)13(9-15(17)18)11-5-6-11/h4,7-8,11,13H,5-6,9H2,1-3H3,(H,17,18). The second kappa shape index (κ2) is 5.01.